The van der Waals surface area contributed by atoms with E-state index in [9.17, 15) is 4.79 Å². The number of carbonyl (C=O) groups is 1. The van der Waals surface area contributed by atoms with Crippen LogP contribution < -0.4 is 0 Å². The van der Waals surface area contributed by atoms with Gasteiger partial charge in [0.15, 0.2) is 5.70 Å². The Morgan fingerprint density at radius 2 is 2.05 bits per heavy atom. The van der Waals surface area contributed by atoms with Gasteiger partial charge in [0.1, 0.15) is 0 Å². The van der Waals surface area contributed by atoms with E-state index in [4.69, 9.17) is 16.3 Å². The van der Waals surface area contributed by atoms with Crippen LogP contribution in [0.3, 0.4) is 0 Å². The SMILES string of the molecule is O=C1OC(Cc2ccc(Cl)cc2)=N/C1=C/c1cccs1. The molecule has 1 aromatic heterocycles. The summed E-state index contributed by atoms with van der Waals surface area (Å²) >= 11 is 7.38. The van der Waals surface area contributed by atoms with Crippen molar-refractivity contribution in [3.8, 4) is 0 Å². The molecule has 0 atom stereocenters. The molecule has 0 amide bonds. The van der Waals surface area contributed by atoms with Crippen molar-refractivity contribution in [2.24, 2.45) is 4.99 Å². The van der Waals surface area contributed by atoms with Gasteiger partial charge >= 0.3 is 5.97 Å². The molecule has 5 heteroatoms. The van der Waals surface area contributed by atoms with E-state index in [1.54, 1.807) is 29.5 Å². The number of carbonyl (C=O) groups excluding carboxylic acids is 1. The van der Waals surface area contributed by atoms with Crippen LogP contribution in [0.2, 0.25) is 5.02 Å². The van der Waals surface area contributed by atoms with Crippen molar-refractivity contribution < 1.29 is 9.53 Å². The second-order valence-corrected chi connectivity index (χ2v) is 5.66. The number of cyclic esters (lactones) is 1. The second kappa shape index (κ2) is 5.61. The van der Waals surface area contributed by atoms with E-state index in [-0.39, 0.29) is 0 Å². The molecule has 1 aliphatic rings. The predicted octanol–water partition coefficient (Wildman–Crippen LogP) is 3.94. The van der Waals surface area contributed by atoms with Gasteiger partial charge in [0.25, 0.3) is 0 Å². The highest BCUT2D eigenvalue weighted by molar-refractivity contribution is 7.10. The summed E-state index contributed by atoms with van der Waals surface area (Å²) in [6.45, 7) is 0. The first-order chi connectivity index (χ1) is 9.70. The molecule has 0 spiro atoms. The van der Waals surface area contributed by atoms with Crippen molar-refractivity contribution in [1.29, 1.82) is 0 Å². The summed E-state index contributed by atoms with van der Waals surface area (Å²) in [5, 5.41) is 2.63. The van der Waals surface area contributed by atoms with Crippen LogP contribution in [-0.4, -0.2) is 11.9 Å². The molecule has 0 unspecified atom stereocenters. The molecule has 20 heavy (non-hydrogen) atoms. The fourth-order valence-electron chi connectivity index (χ4n) is 1.81. The topological polar surface area (TPSA) is 38.7 Å². The smallest absolute Gasteiger partial charge is 0.363 e. The van der Waals surface area contributed by atoms with E-state index in [1.807, 2.05) is 29.6 Å². The Kier molecular flexibility index (Phi) is 3.67. The number of benzene rings is 1. The largest absolute Gasteiger partial charge is 0.406 e. The molecule has 0 saturated carbocycles. The van der Waals surface area contributed by atoms with Crippen LogP contribution in [0.5, 0.6) is 0 Å². The van der Waals surface area contributed by atoms with Gasteiger partial charge in [-0.25, -0.2) is 9.79 Å². The fourth-order valence-corrected chi connectivity index (χ4v) is 2.59. The van der Waals surface area contributed by atoms with Gasteiger partial charge in [-0.3, -0.25) is 0 Å². The zero-order chi connectivity index (χ0) is 13.9. The molecule has 0 bridgehead atoms. The number of aliphatic imine (C=N–C) groups is 1. The van der Waals surface area contributed by atoms with Crippen LogP contribution in [0.1, 0.15) is 10.4 Å². The number of thiophene rings is 1. The third-order valence-electron chi connectivity index (χ3n) is 2.76. The zero-order valence-corrected chi connectivity index (χ0v) is 11.9. The first-order valence-corrected chi connectivity index (χ1v) is 7.26. The lowest BCUT2D eigenvalue weighted by Crippen LogP contribution is -2.06. The third-order valence-corrected chi connectivity index (χ3v) is 3.83. The number of hydrogen-bond donors (Lipinski definition) is 0. The van der Waals surface area contributed by atoms with Crippen LogP contribution in [0.4, 0.5) is 0 Å². The standard InChI is InChI=1S/C15H10ClNO2S/c16-11-5-3-10(4-6-11)8-14-17-13(15(18)19-14)9-12-2-1-7-20-12/h1-7,9H,8H2/b13-9+. The van der Waals surface area contributed by atoms with E-state index in [2.05, 4.69) is 4.99 Å². The molecule has 0 N–H and O–H groups in total. The van der Waals surface area contributed by atoms with Crippen LogP contribution in [0, 0.1) is 0 Å². The van der Waals surface area contributed by atoms with Gasteiger partial charge in [-0.1, -0.05) is 29.8 Å². The Bertz CT molecular complexity index is 687. The minimum absolute atomic E-state index is 0.344. The highest BCUT2D eigenvalue weighted by Crippen LogP contribution is 2.20. The molecule has 0 fully saturated rings. The van der Waals surface area contributed by atoms with Gasteiger partial charge in [-0.2, -0.15) is 0 Å². The van der Waals surface area contributed by atoms with Crippen molar-refractivity contribution in [1.82, 2.24) is 0 Å². The molecule has 0 aliphatic carbocycles. The van der Waals surface area contributed by atoms with Crippen LogP contribution in [-0.2, 0) is 16.0 Å². The molecule has 2 heterocycles. The Hall–Kier alpha value is -1.91. The lowest BCUT2D eigenvalue weighted by molar-refractivity contribution is -0.130. The average molecular weight is 304 g/mol. The summed E-state index contributed by atoms with van der Waals surface area (Å²) in [4.78, 5) is 17.0. The van der Waals surface area contributed by atoms with Crippen molar-refractivity contribution in [3.63, 3.8) is 0 Å². The summed E-state index contributed by atoms with van der Waals surface area (Å²) in [6, 6.07) is 11.2. The lowest BCUT2D eigenvalue weighted by atomic mass is 10.1. The quantitative estimate of drug-likeness (QED) is 0.636. The van der Waals surface area contributed by atoms with Crippen molar-refractivity contribution in [2.45, 2.75) is 6.42 Å². The maximum atomic E-state index is 11.7. The Morgan fingerprint density at radius 1 is 1.25 bits per heavy atom. The second-order valence-electron chi connectivity index (χ2n) is 4.24. The summed E-state index contributed by atoms with van der Waals surface area (Å²) in [5.41, 5.74) is 1.34. The predicted molar refractivity (Wildman–Crippen MR) is 81.0 cm³/mol. The number of esters is 1. The minimum Gasteiger partial charge on any atom is -0.406 e. The number of ether oxygens (including phenoxy) is 1. The number of hydrogen-bond acceptors (Lipinski definition) is 4. The summed E-state index contributed by atoms with van der Waals surface area (Å²) in [7, 11) is 0. The van der Waals surface area contributed by atoms with E-state index in [0.717, 1.165) is 10.4 Å². The van der Waals surface area contributed by atoms with E-state index in [1.165, 1.54) is 0 Å². The highest BCUT2D eigenvalue weighted by atomic mass is 35.5. The van der Waals surface area contributed by atoms with Gasteiger partial charge in [-0.15, -0.1) is 11.3 Å². The normalized spacial score (nSPS) is 16.4. The molecule has 1 aliphatic heterocycles. The van der Waals surface area contributed by atoms with Crippen molar-refractivity contribution >= 4 is 40.9 Å². The zero-order valence-electron chi connectivity index (χ0n) is 10.4. The number of rotatable bonds is 3. The summed E-state index contributed by atoms with van der Waals surface area (Å²) < 4.78 is 5.17. The van der Waals surface area contributed by atoms with E-state index in [0.29, 0.717) is 23.0 Å². The van der Waals surface area contributed by atoms with Gasteiger partial charge in [0.2, 0.25) is 5.90 Å². The van der Waals surface area contributed by atoms with Crippen molar-refractivity contribution in [2.75, 3.05) is 0 Å². The Morgan fingerprint density at radius 3 is 2.75 bits per heavy atom. The van der Waals surface area contributed by atoms with Gasteiger partial charge in [0.05, 0.1) is 0 Å². The molecule has 3 rings (SSSR count). The summed E-state index contributed by atoms with van der Waals surface area (Å²) in [6.07, 6.45) is 2.21. The summed E-state index contributed by atoms with van der Waals surface area (Å²) in [5.74, 6) is 0.0162. The van der Waals surface area contributed by atoms with Crippen LogP contribution >= 0.6 is 22.9 Å². The van der Waals surface area contributed by atoms with Crippen LogP contribution in [0.15, 0.2) is 52.5 Å². The van der Waals surface area contributed by atoms with E-state index < -0.39 is 5.97 Å². The lowest BCUT2D eigenvalue weighted by Gasteiger charge is -1.99. The van der Waals surface area contributed by atoms with Gasteiger partial charge in [0, 0.05) is 16.3 Å². The highest BCUT2D eigenvalue weighted by Gasteiger charge is 2.22. The first-order valence-electron chi connectivity index (χ1n) is 6.00. The minimum atomic E-state index is -0.401. The molecule has 1 aromatic carbocycles. The molecule has 3 nitrogen and oxygen atoms in total. The monoisotopic (exact) mass is 303 g/mol. The van der Waals surface area contributed by atoms with Gasteiger partial charge in [-0.05, 0) is 35.2 Å². The molecular formula is C15H10ClNO2S. The average Bonchev–Trinajstić information content (AvgIpc) is 3.04. The molecular weight excluding hydrogens is 294 g/mol. The molecule has 2 aromatic rings. The molecule has 0 radical (unpaired) electrons. The molecule has 100 valence electrons. The fraction of sp³-hybridized carbons (Fsp3) is 0.0667. The maximum Gasteiger partial charge on any atom is 0.363 e. The third kappa shape index (κ3) is 2.98. The molecule has 0 saturated heterocycles. The Labute approximate surface area is 125 Å². The first kappa shape index (κ1) is 13.1. The number of nitrogens with zero attached hydrogens (tertiary/aromatic N) is 1. The number of halogens is 1. The Balaban J connectivity index is 1.78. The van der Waals surface area contributed by atoms with E-state index >= 15 is 0 Å². The van der Waals surface area contributed by atoms with Gasteiger partial charge < -0.3 is 4.74 Å². The van der Waals surface area contributed by atoms with Crippen molar-refractivity contribution in [3.05, 3.63) is 62.9 Å². The maximum absolute atomic E-state index is 11.7. The van der Waals surface area contributed by atoms with Crippen LogP contribution in [0.25, 0.3) is 6.08 Å².